The Hall–Kier alpha value is -1.43. The third-order valence-electron chi connectivity index (χ3n) is 3.70. The van der Waals surface area contributed by atoms with Gasteiger partial charge in [-0.2, -0.15) is 0 Å². The van der Waals surface area contributed by atoms with Crippen molar-refractivity contribution in [3.05, 3.63) is 48.8 Å². The molecule has 0 aliphatic rings. The molecular weight excluding hydrogens is 387 g/mol. The summed E-state index contributed by atoms with van der Waals surface area (Å²) >= 11 is 0. The van der Waals surface area contributed by atoms with Crippen molar-refractivity contribution >= 4 is 11.1 Å². The van der Waals surface area contributed by atoms with Gasteiger partial charge < -0.3 is 28.4 Å². The molecule has 0 bridgehead atoms. The van der Waals surface area contributed by atoms with Crippen molar-refractivity contribution < 1.29 is 33.0 Å². The first-order chi connectivity index (χ1) is 10.4. The van der Waals surface area contributed by atoms with Gasteiger partial charge in [-0.3, -0.25) is 0 Å². The van der Waals surface area contributed by atoms with Crippen molar-refractivity contribution in [1.82, 2.24) is 4.98 Å². The van der Waals surface area contributed by atoms with Gasteiger partial charge in [0.15, 0.2) is 18.0 Å². The molecular formula is C18H21IN2O. The summed E-state index contributed by atoms with van der Waals surface area (Å²) in [5, 5.41) is 0. The van der Waals surface area contributed by atoms with E-state index in [1.807, 2.05) is 24.3 Å². The zero-order chi connectivity index (χ0) is 14.5. The zero-order valence-corrected chi connectivity index (χ0v) is 15.0. The highest BCUT2D eigenvalue weighted by atomic mass is 127. The Labute approximate surface area is 148 Å². The summed E-state index contributed by atoms with van der Waals surface area (Å²) < 4.78 is 8.01. The van der Waals surface area contributed by atoms with Crippen LogP contribution in [0.4, 0.5) is 0 Å². The maximum atomic E-state index is 5.79. The number of para-hydroxylation sites is 2. The minimum atomic E-state index is 0. The Morgan fingerprint density at radius 2 is 1.77 bits per heavy atom. The van der Waals surface area contributed by atoms with Gasteiger partial charge in [-0.1, -0.05) is 31.9 Å². The van der Waals surface area contributed by atoms with Gasteiger partial charge in [-0.05, 0) is 18.6 Å². The normalized spacial score (nSPS) is 10.6. The van der Waals surface area contributed by atoms with E-state index in [0.29, 0.717) is 5.89 Å². The second-order valence-electron chi connectivity index (χ2n) is 5.37. The van der Waals surface area contributed by atoms with E-state index in [-0.39, 0.29) is 24.0 Å². The number of fused-ring (bicyclic) bond motifs is 1. The van der Waals surface area contributed by atoms with E-state index in [1.54, 1.807) is 0 Å². The van der Waals surface area contributed by atoms with Crippen molar-refractivity contribution in [1.29, 1.82) is 0 Å². The fourth-order valence-electron chi connectivity index (χ4n) is 2.47. The number of benzene rings is 1. The third-order valence-corrected chi connectivity index (χ3v) is 3.70. The lowest BCUT2D eigenvalue weighted by Gasteiger charge is -1.98. The molecule has 0 unspecified atom stereocenters. The monoisotopic (exact) mass is 408 g/mol. The minimum absolute atomic E-state index is 0. The molecule has 2 heterocycles. The largest absolute Gasteiger partial charge is 1.00 e. The summed E-state index contributed by atoms with van der Waals surface area (Å²) in [6.45, 7) is 3.32. The number of aryl methyl sites for hydroxylation is 1. The van der Waals surface area contributed by atoms with Crippen LogP contribution in [0.3, 0.4) is 0 Å². The number of rotatable bonds is 6. The van der Waals surface area contributed by atoms with Crippen LogP contribution in [0.1, 0.15) is 32.6 Å². The second kappa shape index (κ2) is 8.27. The maximum Gasteiger partial charge on any atom is 0.227 e. The fraction of sp³-hybridized carbons (Fsp3) is 0.333. The van der Waals surface area contributed by atoms with Crippen LogP contribution in [-0.4, -0.2) is 4.98 Å². The first kappa shape index (κ1) is 16.9. The van der Waals surface area contributed by atoms with E-state index < -0.39 is 0 Å². The maximum absolute atomic E-state index is 5.79. The average Bonchev–Trinajstić information content (AvgIpc) is 2.96. The number of aromatic nitrogens is 2. The summed E-state index contributed by atoms with van der Waals surface area (Å²) in [7, 11) is 0. The third kappa shape index (κ3) is 4.06. The second-order valence-corrected chi connectivity index (χ2v) is 5.37. The van der Waals surface area contributed by atoms with Crippen LogP contribution in [-0.2, 0) is 6.54 Å². The first-order valence-corrected chi connectivity index (χ1v) is 7.72. The zero-order valence-electron chi connectivity index (χ0n) is 12.8. The lowest BCUT2D eigenvalue weighted by atomic mass is 10.2. The quantitative estimate of drug-likeness (QED) is 0.351. The minimum Gasteiger partial charge on any atom is -1.00 e. The smallest absolute Gasteiger partial charge is 0.227 e. The number of hydrogen-bond acceptors (Lipinski definition) is 2. The van der Waals surface area contributed by atoms with Gasteiger partial charge in [0, 0.05) is 24.1 Å². The van der Waals surface area contributed by atoms with E-state index in [9.17, 15) is 0 Å². The molecule has 3 nitrogen and oxygen atoms in total. The van der Waals surface area contributed by atoms with Crippen molar-refractivity contribution in [3.63, 3.8) is 0 Å². The highest BCUT2D eigenvalue weighted by Gasteiger charge is 2.09. The van der Waals surface area contributed by atoms with Crippen LogP contribution in [0.2, 0.25) is 0 Å². The summed E-state index contributed by atoms with van der Waals surface area (Å²) in [6, 6.07) is 12.0. The van der Waals surface area contributed by atoms with Gasteiger partial charge in [0.05, 0.1) is 0 Å². The molecule has 3 rings (SSSR count). The summed E-state index contributed by atoms with van der Waals surface area (Å²) in [5.74, 6) is 0.689. The molecule has 3 aromatic rings. The van der Waals surface area contributed by atoms with Crippen LogP contribution < -0.4 is 28.5 Å². The standard InChI is InChI=1S/C18H21N2O.HI/c1-2-3-4-7-12-20-13-10-15(11-14-20)18-19-16-8-5-6-9-17(16)21-18;/h5-6,8-11,13-14H,2-4,7,12H2,1H3;1H/q+1;/p-1. The molecule has 0 amide bonds. The molecule has 0 saturated heterocycles. The predicted molar refractivity (Wildman–Crippen MR) is 83.8 cm³/mol. The van der Waals surface area contributed by atoms with E-state index >= 15 is 0 Å². The van der Waals surface area contributed by atoms with Gasteiger partial charge in [0.2, 0.25) is 5.89 Å². The Morgan fingerprint density at radius 3 is 2.50 bits per heavy atom. The lowest BCUT2D eigenvalue weighted by molar-refractivity contribution is -0.697. The fourth-order valence-corrected chi connectivity index (χ4v) is 2.47. The molecule has 2 aromatic heterocycles. The van der Waals surface area contributed by atoms with Gasteiger partial charge in [0.1, 0.15) is 12.1 Å². The summed E-state index contributed by atoms with van der Waals surface area (Å²) in [4.78, 5) is 4.52. The molecule has 0 radical (unpaired) electrons. The molecule has 22 heavy (non-hydrogen) atoms. The number of halogens is 1. The van der Waals surface area contributed by atoms with Crippen LogP contribution >= 0.6 is 0 Å². The molecule has 0 fully saturated rings. The molecule has 1 aromatic carbocycles. The molecule has 0 aliphatic carbocycles. The molecule has 0 saturated carbocycles. The van der Waals surface area contributed by atoms with E-state index in [1.165, 1.54) is 25.7 Å². The number of hydrogen-bond donors (Lipinski definition) is 0. The SMILES string of the molecule is CCCCCC[n+]1ccc(-c2nc3ccccc3o2)cc1.[I-]. The highest BCUT2D eigenvalue weighted by Crippen LogP contribution is 2.22. The van der Waals surface area contributed by atoms with Gasteiger partial charge in [0.25, 0.3) is 0 Å². The van der Waals surface area contributed by atoms with E-state index in [2.05, 4.69) is 41.0 Å². The van der Waals surface area contributed by atoms with E-state index in [0.717, 1.165) is 23.2 Å². The summed E-state index contributed by atoms with van der Waals surface area (Å²) in [6.07, 6.45) is 9.35. The predicted octanol–water partition coefficient (Wildman–Crippen LogP) is 1.37. The summed E-state index contributed by atoms with van der Waals surface area (Å²) in [5.41, 5.74) is 2.77. The molecule has 116 valence electrons. The average molecular weight is 408 g/mol. The Balaban J connectivity index is 0.00000176. The van der Waals surface area contributed by atoms with Crippen molar-refractivity contribution in [2.75, 3.05) is 0 Å². The van der Waals surface area contributed by atoms with Gasteiger partial charge in [-0.15, -0.1) is 0 Å². The van der Waals surface area contributed by atoms with Gasteiger partial charge in [-0.25, -0.2) is 9.55 Å². The van der Waals surface area contributed by atoms with Crippen molar-refractivity contribution in [2.45, 2.75) is 39.2 Å². The number of pyridine rings is 1. The number of nitrogens with zero attached hydrogens (tertiary/aromatic N) is 2. The topological polar surface area (TPSA) is 29.9 Å². The van der Waals surface area contributed by atoms with Crippen LogP contribution in [0.25, 0.3) is 22.6 Å². The lowest BCUT2D eigenvalue weighted by Crippen LogP contribution is -3.00. The molecule has 0 N–H and O–H groups in total. The molecule has 0 atom stereocenters. The number of unbranched alkanes of at least 4 members (excludes halogenated alkanes) is 3. The Kier molecular flexibility index (Phi) is 6.36. The van der Waals surface area contributed by atoms with Crippen molar-refractivity contribution in [3.8, 4) is 11.5 Å². The van der Waals surface area contributed by atoms with Crippen LogP contribution in [0, 0.1) is 0 Å². The molecule has 4 heteroatoms. The highest BCUT2D eigenvalue weighted by molar-refractivity contribution is 5.75. The van der Waals surface area contributed by atoms with Crippen LogP contribution in [0.15, 0.2) is 53.2 Å². The van der Waals surface area contributed by atoms with Gasteiger partial charge >= 0.3 is 0 Å². The number of oxazole rings is 1. The molecule has 0 spiro atoms. The Bertz CT molecular complexity index is 673. The van der Waals surface area contributed by atoms with E-state index in [4.69, 9.17) is 4.42 Å². The Morgan fingerprint density at radius 1 is 1.00 bits per heavy atom. The molecule has 0 aliphatic heterocycles. The van der Waals surface area contributed by atoms with Crippen molar-refractivity contribution in [2.24, 2.45) is 0 Å². The van der Waals surface area contributed by atoms with Crippen LogP contribution in [0.5, 0.6) is 0 Å². The first-order valence-electron chi connectivity index (χ1n) is 7.72.